The topological polar surface area (TPSA) is 60.2 Å². The van der Waals surface area contributed by atoms with Gasteiger partial charge in [0.15, 0.2) is 0 Å². The third-order valence-corrected chi connectivity index (χ3v) is 0.348. The molecule has 0 radical (unpaired) electrons. The molecule has 0 atom stereocenters. The fourth-order valence-corrected chi connectivity index (χ4v) is 0. The molecule has 0 aromatic rings. The molecule has 28 valence electrons. The van der Waals surface area contributed by atoms with Gasteiger partial charge in [-0.1, -0.05) is 0 Å². The molecule has 0 aromatic carbocycles. The third kappa shape index (κ3) is 3.49. The largest absolute Gasteiger partial charge is 0.380 e. The Labute approximate surface area is 31.0 Å². The SMILES string of the molecule is NC(=O)[SiH]=O. The van der Waals surface area contributed by atoms with E-state index in [1.165, 1.54) is 0 Å². The number of amides is 1. The van der Waals surface area contributed by atoms with Crippen LogP contribution in [-0.4, -0.2) is 14.9 Å². The Kier molecular flexibility index (Phi) is 1.59. The van der Waals surface area contributed by atoms with Crippen molar-refractivity contribution in [2.24, 2.45) is 5.73 Å². The van der Waals surface area contributed by atoms with Gasteiger partial charge < -0.3 is 10.2 Å². The third-order valence-electron chi connectivity index (χ3n) is 0.116. The van der Waals surface area contributed by atoms with Crippen LogP contribution in [0.2, 0.25) is 0 Å². The number of nitrogens with two attached hydrogens (primary N) is 1. The first-order valence-corrected chi connectivity index (χ1v) is 2.07. The van der Waals surface area contributed by atoms with Gasteiger partial charge in [0.25, 0.3) is 5.53 Å². The predicted molar refractivity (Wildman–Crippen MR) is 17.4 cm³/mol. The van der Waals surface area contributed by atoms with Gasteiger partial charge in [-0.25, -0.2) is 0 Å². The Balaban J connectivity index is 3.20. The van der Waals surface area contributed by atoms with E-state index in [0.29, 0.717) is 0 Å². The number of rotatable bonds is 1. The van der Waals surface area contributed by atoms with Crippen LogP contribution in [0.15, 0.2) is 0 Å². The van der Waals surface area contributed by atoms with E-state index in [9.17, 15) is 9.26 Å². The molecule has 3 nitrogen and oxygen atoms in total. The van der Waals surface area contributed by atoms with Gasteiger partial charge in [0.1, 0.15) is 0 Å². The molecule has 0 aliphatic rings. The number of hydrogen-bond acceptors (Lipinski definition) is 2. The van der Waals surface area contributed by atoms with E-state index < -0.39 is 14.9 Å². The molecule has 0 heterocycles. The lowest BCUT2D eigenvalue weighted by Gasteiger charge is -1.59. The lowest BCUT2D eigenvalue weighted by atomic mass is 11.4. The summed E-state index contributed by atoms with van der Waals surface area (Å²) in [5.41, 5.74) is 3.66. The van der Waals surface area contributed by atoms with Crippen LogP contribution < -0.4 is 5.73 Å². The summed E-state index contributed by atoms with van der Waals surface area (Å²) >= 11 is 0. The van der Waals surface area contributed by atoms with Gasteiger partial charge in [-0.15, -0.1) is 0 Å². The van der Waals surface area contributed by atoms with Crippen LogP contribution in [0.3, 0.4) is 0 Å². The zero-order valence-corrected chi connectivity index (χ0v) is 3.63. The van der Waals surface area contributed by atoms with E-state index >= 15 is 0 Å². The molecule has 1 amide bonds. The Morgan fingerprint density at radius 3 is 2.00 bits per heavy atom. The Bertz CT molecular complexity index is 60.7. The number of primary amides is 1. The van der Waals surface area contributed by atoms with E-state index in [-0.39, 0.29) is 0 Å². The minimum absolute atomic E-state index is 0.718. The quantitative estimate of drug-likeness (QED) is 0.412. The van der Waals surface area contributed by atoms with E-state index in [1.54, 1.807) is 0 Å². The van der Waals surface area contributed by atoms with Crippen LogP contribution >= 0.6 is 0 Å². The minimum Gasteiger partial charge on any atom is -0.380 e. The fraction of sp³-hybridized carbons (Fsp3) is 0. The van der Waals surface area contributed by atoms with Crippen LogP contribution in [0.4, 0.5) is 4.79 Å². The monoisotopic (exact) mass is 89.0 g/mol. The molecular formula is CH3NO2Si. The van der Waals surface area contributed by atoms with Crippen molar-refractivity contribution in [1.29, 1.82) is 0 Å². The summed E-state index contributed by atoms with van der Waals surface area (Å²) in [4.78, 5) is 9.31. The van der Waals surface area contributed by atoms with Crippen molar-refractivity contribution in [1.82, 2.24) is 0 Å². The summed E-state index contributed by atoms with van der Waals surface area (Å²) in [5.74, 6) is 0. The first kappa shape index (κ1) is 4.49. The average molecular weight is 89.1 g/mol. The molecule has 0 saturated carbocycles. The van der Waals surface area contributed by atoms with Crippen molar-refractivity contribution in [2.45, 2.75) is 0 Å². The second kappa shape index (κ2) is 1.77. The summed E-state index contributed by atoms with van der Waals surface area (Å²) in [5, 5.41) is 0. The smallest absolute Gasteiger partial charge is 0.362 e. The summed E-state index contributed by atoms with van der Waals surface area (Å²) in [6, 6.07) is 0. The molecule has 0 saturated heterocycles. The van der Waals surface area contributed by atoms with Crippen LogP contribution in [0.1, 0.15) is 0 Å². The van der Waals surface area contributed by atoms with Crippen molar-refractivity contribution < 1.29 is 9.26 Å². The van der Waals surface area contributed by atoms with Crippen molar-refractivity contribution in [3.8, 4) is 0 Å². The second-order valence-corrected chi connectivity index (χ2v) is 1.32. The summed E-state index contributed by atoms with van der Waals surface area (Å²) in [7, 11) is -1.38. The molecule has 0 aliphatic heterocycles. The molecule has 0 unspecified atom stereocenters. The van der Waals surface area contributed by atoms with Crippen molar-refractivity contribution >= 4 is 14.9 Å². The number of carbonyl (C=O) groups excluding carboxylic acids is 1. The molecule has 0 aromatic heterocycles. The van der Waals surface area contributed by atoms with Crippen molar-refractivity contribution in [2.75, 3.05) is 0 Å². The standard InChI is InChI=1S/CH3NO2Si/c2-1(3)5-4/h5H,(H2,2,3). The first-order chi connectivity index (χ1) is 2.27. The summed E-state index contributed by atoms with van der Waals surface area (Å²) in [6.45, 7) is 0. The highest BCUT2D eigenvalue weighted by atomic mass is 28.2. The highest BCUT2D eigenvalue weighted by Gasteiger charge is 1.79. The maximum absolute atomic E-state index is 9.31. The van der Waals surface area contributed by atoms with Crippen LogP contribution in [-0.2, 0) is 4.46 Å². The zero-order valence-electron chi connectivity index (χ0n) is 2.47. The van der Waals surface area contributed by atoms with Gasteiger partial charge >= 0.3 is 9.41 Å². The van der Waals surface area contributed by atoms with E-state index in [0.717, 1.165) is 0 Å². The van der Waals surface area contributed by atoms with Gasteiger partial charge in [0.05, 0.1) is 0 Å². The van der Waals surface area contributed by atoms with E-state index in [1.807, 2.05) is 0 Å². The normalized spacial score (nSPS) is 6.40. The lowest BCUT2D eigenvalue weighted by Crippen LogP contribution is -2.09. The van der Waals surface area contributed by atoms with Gasteiger partial charge in [0, 0.05) is 0 Å². The van der Waals surface area contributed by atoms with Gasteiger partial charge in [-0.2, -0.15) is 0 Å². The highest BCUT2D eigenvalue weighted by Crippen LogP contribution is 1.39. The van der Waals surface area contributed by atoms with Crippen molar-refractivity contribution in [3.63, 3.8) is 0 Å². The zero-order chi connectivity index (χ0) is 4.28. The Morgan fingerprint density at radius 2 is 2.00 bits per heavy atom. The molecule has 0 bridgehead atoms. The van der Waals surface area contributed by atoms with Gasteiger partial charge in [-0.05, 0) is 0 Å². The lowest BCUT2D eigenvalue weighted by molar-refractivity contribution is 0.264. The number of carbonyl (C=O) groups is 1. The maximum atomic E-state index is 9.31. The molecule has 4 heteroatoms. The minimum atomic E-state index is -1.38. The average Bonchev–Trinajstić information content (AvgIpc) is 1.38. The Morgan fingerprint density at radius 1 is 1.80 bits per heavy atom. The van der Waals surface area contributed by atoms with Gasteiger partial charge in [-0.3, -0.25) is 4.79 Å². The molecule has 0 rings (SSSR count). The fourth-order valence-electron chi connectivity index (χ4n) is 0. The van der Waals surface area contributed by atoms with E-state index in [2.05, 4.69) is 5.73 Å². The maximum Gasteiger partial charge on any atom is 0.362 e. The molecular weight excluding hydrogens is 86.1 g/mol. The van der Waals surface area contributed by atoms with Crippen molar-refractivity contribution in [3.05, 3.63) is 0 Å². The first-order valence-electron chi connectivity index (χ1n) is 1.02. The molecule has 0 aliphatic carbocycles. The van der Waals surface area contributed by atoms with Crippen LogP contribution in [0.25, 0.3) is 0 Å². The summed E-state index contributed by atoms with van der Waals surface area (Å²) < 4.78 is 9.24. The number of hydrogen-bond donors (Lipinski definition) is 1. The van der Waals surface area contributed by atoms with Crippen LogP contribution in [0.5, 0.6) is 0 Å². The van der Waals surface area contributed by atoms with E-state index in [4.69, 9.17) is 0 Å². The van der Waals surface area contributed by atoms with Gasteiger partial charge in [0.2, 0.25) is 0 Å². The second-order valence-electron chi connectivity index (χ2n) is 0.520. The van der Waals surface area contributed by atoms with Crippen LogP contribution in [0, 0.1) is 0 Å². The summed E-state index contributed by atoms with van der Waals surface area (Å²) in [6.07, 6.45) is 0. The Hall–Kier alpha value is -0.513. The molecule has 5 heavy (non-hydrogen) atoms. The highest BCUT2D eigenvalue weighted by molar-refractivity contribution is 6.61. The molecule has 0 fully saturated rings. The molecule has 0 spiro atoms. The predicted octanol–water partition coefficient (Wildman–Crippen LogP) is -1.15. The molecule has 2 N–H and O–H groups in total.